The maximum Gasteiger partial charge on any atom is 0.191 e. The van der Waals surface area contributed by atoms with E-state index >= 15 is 0 Å². The van der Waals surface area contributed by atoms with Crippen LogP contribution in [0.2, 0.25) is 0 Å². The van der Waals surface area contributed by atoms with E-state index in [4.69, 9.17) is 5.73 Å². The molecule has 0 aromatic carbocycles. The van der Waals surface area contributed by atoms with E-state index in [9.17, 15) is 5.11 Å². The Kier molecular flexibility index (Phi) is 4.56. The summed E-state index contributed by atoms with van der Waals surface area (Å²) in [5.41, 5.74) is 7.87. The topological polar surface area (TPSA) is 93.1 Å². The number of aromatic nitrogens is 4. The second-order valence-corrected chi connectivity index (χ2v) is 7.61. The maximum absolute atomic E-state index is 10.5. The summed E-state index contributed by atoms with van der Waals surface area (Å²) in [4.78, 5) is 11.1. The zero-order valence-corrected chi connectivity index (χ0v) is 15.2. The summed E-state index contributed by atoms with van der Waals surface area (Å²) in [5, 5.41) is 15.9. The van der Waals surface area contributed by atoms with Gasteiger partial charge in [0.1, 0.15) is 17.7 Å². The highest BCUT2D eigenvalue weighted by molar-refractivity contribution is 7.98. The van der Waals surface area contributed by atoms with Crippen LogP contribution in [0.1, 0.15) is 43.2 Å². The first kappa shape index (κ1) is 16.7. The van der Waals surface area contributed by atoms with Crippen LogP contribution < -0.4 is 10.6 Å². The third kappa shape index (κ3) is 3.32. The number of hydrogen-bond donors (Lipinski definition) is 2. The van der Waals surface area contributed by atoms with E-state index in [1.165, 1.54) is 18.2 Å². The molecule has 1 fully saturated rings. The van der Waals surface area contributed by atoms with Crippen LogP contribution in [0.3, 0.4) is 0 Å². The van der Waals surface area contributed by atoms with Crippen molar-refractivity contribution in [1.29, 1.82) is 0 Å². The molecule has 0 unspecified atom stereocenters. The fourth-order valence-electron chi connectivity index (χ4n) is 3.51. The molecular weight excluding hydrogens is 336 g/mol. The van der Waals surface area contributed by atoms with Crippen LogP contribution in [0, 0.1) is 5.92 Å². The molecule has 1 atom stereocenters. The normalized spacial score (nSPS) is 19.2. The Balaban J connectivity index is 1.58. The summed E-state index contributed by atoms with van der Waals surface area (Å²) in [7, 11) is 0. The molecule has 134 valence electrons. The number of nitrogens with zero attached hydrogens (tertiary/aromatic N) is 5. The Morgan fingerprint density at radius 2 is 2.08 bits per heavy atom. The standard InChI is InChI=1S/C17H24N6OS/c1-25-17-19-14(18)9-15(20-17)22-6-3-7-23-12(10-22)8-13(21-23)16(24)11-4-2-5-11/h8-9,11,16,24H,2-7,10H2,1H3,(H2,18,19,20)/t16-/m0/s1. The molecule has 0 spiro atoms. The van der Waals surface area contributed by atoms with Crippen LogP contribution in [0.25, 0.3) is 0 Å². The van der Waals surface area contributed by atoms with E-state index in [1.54, 1.807) is 0 Å². The molecule has 0 radical (unpaired) electrons. The number of hydrogen-bond acceptors (Lipinski definition) is 7. The van der Waals surface area contributed by atoms with E-state index in [0.29, 0.717) is 23.4 Å². The van der Waals surface area contributed by atoms with Crippen LogP contribution >= 0.6 is 11.8 Å². The lowest BCUT2D eigenvalue weighted by molar-refractivity contribution is 0.0581. The summed E-state index contributed by atoms with van der Waals surface area (Å²) >= 11 is 1.49. The molecule has 3 N–H and O–H groups in total. The van der Waals surface area contributed by atoms with Gasteiger partial charge in [-0.1, -0.05) is 18.2 Å². The van der Waals surface area contributed by atoms with Gasteiger partial charge in [0, 0.05) is 19.2 Å². The Morgan fingerprint density at radius 1 is 1.24 bits per heavy atom. The number of fused-ring (bicyclic) bond motifs is 1. The van der Waals surface area contributed by atoms with Crippen molar-refractivity contribution in [3.05, 3.63) is 23.5 Å². The van der Waals surface area contributed by atoms with Gasteiger partial charge in [-0.3, -0.25) is 4.68 Å². The van der Waals surface area contributed by atoms with Crippen LogP contribution in [-0.2, 0) is 13.1 Å². The second-order valence-electron chi connectivity index (χ2n) is 6.83. The number of nitrogen functional groups attached to an aromatic ring is 1. The molecular formula is C17H24N6OS. The van der Waals surface area contributed by atoms with Gasteiger partial charge in [-0.25, -0.2) is 9.97 Å². The van der Waals surface area contributed by atoms with Crippen molar-refractivity contribution in [2.45, 2.75) is 50.0 Å². The summed E-state index contributed by atoms with van der Waals surface area (Å²) in [5.74, 6) is 1.72. The van der Waals surface area contributed by atoms with Gasteiger partial charge in [-0.05, 0) is 37.5 Å². The zero-order chi connectivity index (χ0) is 17.4. The number of aliphatic hydroxyl groups excluding tert-OH is 1. The predicted molar refractivity (Wildman–Crippen MR) is 98.4 cm³/mol. The molecule has 8 heteroatoms. The van der Waals surface area contributed by atoms with Crippen molar-refractivity contribution < 1.29 is 5.11 Å². The average Bonchev–Trinajstić information content (AvgIpc) is 2.84. The first-order chi connectivity index (χ1) is 12.1. The fraction of sp³-hybridized carbons (Fsp3) is 0.588. The molecule has 4 rings (SSSR count). The van der Waals surface area contributed by atoms with E-state index < -0.39 is 6.10 Å². The molecule has 2 aliphatic rings. The molecule has 3 heterocycles. The number of anilines is 2. The predicted octanol–water partition coefficient (Wildman–Crippen LogP) is 2.22. The van der Waals surface area contributed by atoms with E-state index in [-0.39, 0.29) is 0 Å². The van der Waals surface area contributed by atoms with Crippen LogP contribution in [0.4, 0.5) is 11.6 Å². The van der Waals surface area contributed by atoms with Gasteiger partial charge < -0.3 is 15.7 Å². The van der Waals surface area contributed by atoms with Gasteiger partial charge in [-0.2, -0.15) is 5.10 Å². The summed E-state index contributed by atoms with van der Waals surface area (Å²) in [6, 6.07) is 3.89. The lowest BCUT2D eigenvalue weighted by Crippen LogP contribution is -2.24. The van der Waals surface area contributed by atoms with E-state index in [1.807, 2.05) is 17.0 Å². The molecule has 25 heavy (non-hydrogen) atoms. The molecule has 1 aliphatic carbocycles. The van der Waals surface area contributed by atoms with E-state index in [0.717, 1.165) is 49.6 Å². The van der Waals surface area contributed by atoms with E-state index in [2.05, 4.69) is 26.0 Å². The maximum atomic E-state index is 10.5. The van der Waals surface area contributed by atoms with Gasteiger partial charge in [0.2, 0.25) is 0 Å². The number of thioether (sulfide) groups is 1. The SMILES string of the molecule is CSc1nc(N)cc(N2CCCn3nc([C@@H](O)C4CCC4)cc3C2)n1. The minimum Gasteiger partial charge on any atom is -0.386 e. The largest absolute Gasteiger partial charge is 0.386 e. The monoisotopic (exact) mass is 360 g/mol. The number of nitrogens with two attached hydrogens (primary N) is 1. The molecule has 0 saturated heterocycles. The first-order valence-electron chi connectivity index (χ1n) is 8.82. The minimum atomic E-state index is -0.431. The molecule has 1 saturated carbocycles. The average molecular weight is 360 g/mol. The number of aryl methyl sites for hydroxylation is 1. The number of rotatable bonds is 4. The molecule has 0 bridgehead atoms. The van der Waals surface area contributed by atoms with Crippen molar-refractivity contribution >= 4 is 23.4 Å². The first-order valence-corrected chi connectivity index (χ1v) is 10.0. The van der Waals surface area contributed by atoms with Crippen LogP contribution in [-0.4, -0.2) is 37.7 Å². The molecule has 1 aliphatic heterocycles. The van der Waals surface area contributed by atoms with Crippen molar-refractivity contribution in [3.8, 4) is 0 Å². The highest BCUT2D eigenvalue weighted by Crippen LogP contribution is 2.37. The van der Waals surface area contributed by atoms with Gasteiger partial charge >= 0.3 is 0 Å². The summed E-state index contributed by atoms with van der Waals surface area (Å²) in [6.45, 7) is 2.47. The summed E-state index contributed by atoms with van der Waals surface area (Å²) < 4.78 is 2.04. The second kappa shape index (κ2) is 6.84. The van der Waals surface area contributed by atoms with Crippen LogP contribution in [0.15, 0.2) is 17.3 Å². The molecule has 0 amide bonds. The number of aliphatic hydroxyl groups is 1. The Labute approximate surface area is 151 Å². The third-order valence-electron chi connectivity index (χ3n) is 5.15. The van der Waals surface area contributed by atoms with Crippen molar-refractivity contribution in [3.63, 3.8) is 0 Å². The van der Waals surface area contributed by atoms with Crippen molar-refractivity contribution in [1.82, 2.24) is 19.7 Å². The Bertz CT molecular complexity index is 760. The highest BCUT2D eigenvalue weighted by Gasteiger charge is 2.30. The van der Waals surface area contributed by atoms with Crippen molar-refractivity contribution in [2.75, 3.05) is 23.4 Å². The summed E-state index contributed by atoms with van der Waals surface area (Å²) in [6.07, 6.45) is 5.92. The zero-order valence-electron chi connectivity index (χ0n) is 14.4. The fourth-order valence-corrected chi connectivity index (χ4v) is 3.89. The van der Waals surface area contributed by atoms with Gasteiger partial charge in [0.15, 0.2) is 5.16 Å². The molecule has 7 nitrogen and oxygen atoms in total. The van der Waals surface area contributed by atoms with Gasteiger partial charge in [0.05, 0.1) is 17.9 Å². The minimum absolute atomic E-state index is 0.376. The van der Waals surface area contributed by atoms with Crippen LogP contribution in [0.5, 0.6) is 0 Å². The Hall–Kier alpha value is -1.80. The third-order valence-corrected chi connectivity index (χ3v) is 5.70. The van der Waals surface area contributed by atoms with Gasteiger partial charge in [-0.15, -0.1) is 0 Å². The molecule has 2 aromatic heterocycles. The molecule has 2 aromatic rings. The highest BCUT2D eigenvalue weighted by atomic mass is 32.2. The van der Waals surface area contributed by atoms with Crippen molar-refractivity contribution in [2.24, 2.45) is 5.92 Å². The van der Waals surface area contributed by atoms with Gasteiger partial charge in [0.25, 0.3) is 0 Å². The smallest absolute Gasteiger partial charge is 0.191 e. The quantitative estimate of drug-likeness (QED) is 0.638. The Morgan fingerprint density at radius 3 is 2.80 bits per heavy atom. The lowest BCUT2D eigenvalue weighted by atomic mass is 9.80. The lowest BCUT2D eigenvalue weighted by Gasteiger charge is -2.29.